The fourth-order valence-corrected chi connectivity index (χ4v) is 5.97. The molecule has 3 aromatic carbocycles. The maximum absolute atomic E-state index is 13.9. The highest BCUT2D eigenvalue weighted by molar-refractivity contribution is 9.10. The molecule has 3 aromatic rings. The van der Waals surface area contributed by atoms with Crippen molar-refractivity contribution in [1.82, 2.24) is 10.2 Å². The van der Waals surface area contributed by atoms with Crippen molar-refractivity contribution in [1.29, 1.82) is 0 Å². The number of hydrogen-bond acceptors (Lipinski definition) is 5. The molecule has 0 aliphatic rings. The van der Waals surface area contributed by atoms with Crippen molar-refractivity contribution in [2.24, 2.45) is 0 Å². The van der Waals surface area contributed by atoms with Crippen LogP contribution in [0, 0.1) is 6.92 Å². The Bertz CT molecular complexity index is 1360. The summed E-state index contributed by atoms with van der Waals surface area (Å²) >= 11 is 4.93. The fraction of sp³-hybridized carbons (Fsp3) is 0.310. The van der Waals surface area contributed by atoms with E-state index < -0.39 is 28.5 Å². The van der Waals surface area contributed by atoms with Crippen LogP contribution in [0.2, 0.25) is 0 Å². The Balaban J connectivity index is 2.00. The van der Waals surface area contributed by atoms with Gasteiger partial charge >= 0.3 is 0 Å². The summed E-state index contributed by atoms with van der Waals surface area (Å²) in [6.45, 7) is 5.69. The van der Waals surface area contributed by atoms with Gasteiger partial charge in [-0.25, -0.2) is 8.42 Å². The number of hydrogen-bond donors (Lipinski definition) is 1. The first-order valence-electron chi connectivity index (χ1n) is 12.6. The van der Waals surface area contributed by atoms with Crippen LogP contribution in [0.5, 0.6) is 0 Å². The molecule has 0 aliphatic heterocycles. The lowest BCUT2D eigenvalue weighted by Crippen LogP contribution is -2.51. The average Bonchev–Trinajstić information content (AvgIpc) is 2.94. The van der Waals surface area contributed by atoms with Crippen molar-refractivity contribution in [2.75, 3.05) is 23.7 Å². The first kappa shape index (κ1) is 30.7. The number of sulfonamides is 1. The molecule has 0 fully saturated rings. The molecule has 0 heterocycles. The summed E-state index contributed by atoms with van der Waals surface area (Å²) in [5, 5.41) is 2.85. The number of thioether (sulfide) groups is 1. The van der Waals surface area contributed by atoms with E-state index in [0.29, 0.717) is 12.2 Å². The molecule has 3 rings (SSSR count). The van der Waals surface area contributed by atoms with E-state index >= 15 is 0 Å². The minimum absolute atomic E-state index is 0.0851. The van der Waals surface area contributed by atoms with E-state index in [9.17, 15) is 18.0 Å². The molecule has 0 saturated carbocycles. The number of benzene rings is 3. The number of rotatable bonds is 12. The maximum Gasteiger partial charge on any atom is 0.264 e. The van der Waals surface area contributed by atoms with Crippen molar-refractivity contribution in [3.8, 4) is 0 Å². The molecular formula is C29H34BrN3O4S2. The summed E-state index contributed by atoms with van der Waals surface area (Å²) in [7, 11) is -4.09. The lowest BCUT2D eigenvalue weighted by molar-refractivity contribution is -0.139. The number of aryl methyl sites for hydroxylation is 1. The van der Waals surface area contributed by atoms with Crippen LogP contribution < -0.4 is 9.62 Å². The molecule has 208 valence electrons. The number of halogens is 1. The minimum Gasteiger partial charge on any atom is -0.354 e. The van der Waals surface area contributed by atoms with Crippen LogP contribution in [0.15, 0.2) is 87.1 Å². The number of anilines is 1. The molecule has 1 atom stereocenters. The number of amides is 2. The zero-order valence-electron chi connectivity index (χ0n) is 22.6. The van der Waals surface area contributed by atoms with Crippen LogP contribution in [0.4, 0.5) is 5.69 Å². The minimum atomic E-state index is -4.09. The van der Waals surface area contributed by atoms with Gasteiger partial charge in [0.2, 0.25) is 11.8 Å². The van der Waals surface area contributed by atoms with Gasteiger partial charge in [0.1, 0.15) is 12.6 Å². The Hall–Kier alpha value is -2.82. The summed E-state index contributed by atoms with van der Waals surface area (Å²) in [5.74, 6) is -0.776. The molecule has 10 heteroatoms. The number of nitrogens with one attached hydrogen (secondary N) is 1. The zero-order chi connectivity index (χ0) is 28.6. The highest BCUT2D eigenvalue weighted by Crippen LogP contribution is 2.26. The van der Waals surface area contributed by atoms with Crippen molar-refractivity contribution in [2.45, 2.75) is 49.6 Å². The normalized spacial score (nSPS) is 12.0. The predicted octanol–water partition coefficient (Wildman–Crippen LogP) is 5.62. The molecule has 0 aliphatic carbocycles. The van der Waals surface area contributed by atoms with Gasteiger partial charge in [0.15, 0.2) is 0 Å². The van der Waals surface area contributed by atoms with E-state index in [1.54, 1.807) is 55.5 Å². The molecular weight excluding hydrogens is 598 g/mol. The smallest absolute Gasteiger partial charge is 0.264 e. The second-order valence-electron chi connectivity index (χ2n) is 9.14. The summed E-state index contributed by atoms with van der Waals surface area (Å²) < 4.78 is 29.8. The van der Waals surface area contributed by atoms with Crippen LogP contribution in [0.3, 0.4) is 0 Å². The third kappa shape index (κ3) is 8.09. The van der Waals surface area contributed by atoms with Gasteiger partial charge in [-0.1, -0.05) is 52.7 Å². The first-order valence-corrected chi connectivity index (χ1v) is 16.1. The van der Waals surface area contributed by atoms with Crippen LogP contribution in [0.1, 0.15) is 31.4 Å². The fourth-order valence-electron chi connectivity index (χ4n) is 3.88. The molecule has 1 unspecified atom stereocenters. The average molecular weight is 633 g/mol. The van der Waals surface area contributed by atoms with E-state index in [1.165, 1.54) is 16.7 Å². The Morgan fingerprint density at radius 1 is 0.974 bits per heavy atom. The van der Waals surface area contributed by atoms with Crippen LogP contribution in [-0.2, 0) is 26.2 Å². The molecule has 0 saturated heterocycles. The number of carbonyl (C=O) groups excluding carboxylic acids is 2. The lowest BCUT2D eigenvalue weighted by Gasteiger charge is -2.32. The third-order valence-electron chi connectivity index (χ3n) is 6.23. The summed E-state index contributed by atoms with van der Waals surface area (Å²) in [6.07, 6.45) is 2.67. The maximum atomic E-state index is 13.9. The largest absolute Gasteiger partial charge is 0.354 e. The second-order valence-corrected chi connectivity index (χ2v) is 12.8. The Morgan fingerprint density at radius 2 is 1.59 bits per heavy atom. The van der Waals surface area contributed by atoms with Gasteiger partial charge in [0, 0.05) is 22.5 Å². The van der Waals surface area contributed by atoms with Gasteiger partial charge in [0.05, 0.1) is 10.6 Å². The molecule has 0 radical (unpaired) electrons. The van der Waals surface area contributed by atoms with Crippen molar-refractivity contribution in [3.05, 3.63) is 88.4 Å². The number of carbonyl (C=O) groups is 2. The molecule has 0 aromatic heterocycles. The summed E-state index contributed by atoms with van der Waals surface area (Å²) in [6, 6.07) is 20.2. The second kappa shape index (κ2) is 14.0. The van der Waals surface area contributed by atoms with Crippen LogP contribution in [0.25, 0.3) is 0 Å². The topological polar surface area (TPSA) is 86.8 Å². The van der Waals surface area contributed by atoms with Crippen LogP contribution in [-0.4, -0.2) is 50.5 Å². The predicted molar refractivity (Wildman–Crippen MR) is 161 cm³/mol. The molecule has 2 amide bonds. The highest BCUT2D eigenvalue weighted by atomic mass is 79.9. The third-order valence-corrected chi connectivity index (χ3v) is 9.29. The molecule has 39 heavy (non-hydrogen) atoms. The van der Waals surface area contributed by atoms with E-state index in [4.69, 9.17) is 0 Å². The van der Waals surface area contributed by atoms with E-state index in [1.807, 2.05) is 44.4 Å². The zero-order valence-corrected chi connectivity index (χ0v) is 25.8. The molecule has 1 N–H and O–H groups in total. The van der Waals surface area contributed by atoms with E-state index in [-0.39, 0.29) is 17.3 Å². The van der Waals surface area contributed by atoms with Crippen molar-refractivity contribution >= 4 is 55.2 Å². The van der Waals surface area contributed by atoms with E-state index in [2.05, 4.69) is 21.2 Å². The Morgan fingerprint density at radius 3 is 2.15 bits per heavy atom. The van der Waals surface area contributed by atoms with E-state index in [0.717, 1.165) is 31.2 Å². The molecule has 0 bridgehead atoms. The highest BCUT2D eigenvalue weighted by Gasteiger charge is 2.32. The van der Waals surface area contributed by atoms with Gasteiger partial charge in [-0.3, -0.25) is 13.9 Å². The standard InChI is InChI=1S/C29H34BrN3O4S2/c1-5-18-31-29(35)22(3)32(19-23-8-10-24(30)11-9-23)28(34)20-33(25-12-6-21(2)7-13-25)39(36,37)27-16-14-26(38-4)15-17-27/h6-17,22H,5,18-20H2,1-4H3,(H,31,35). The summed E-state index contributed by atoms with van der Waals surface area (Å²) in [4.78, 5) is 29.3. The first-order chi connectivity index (χ1) is 18.6. The SMILES string of the molecule is CCCNC(=O)C(C)N(Cc1ccc(Br)cc1)C(=O)CN(c1ccc(C)cc1)S(=O)(=O)c1ccc(SC)cc1. The molecule has 7 nitrogen and oxygen atoms in total. The Kier molecular flexibility index (Phi) is 11.0. The van der Waals surface area contributed by atoms with Gasteiger partial charge in [-0.2, -0.15) is 0 Å². The monoisotopic (exact) mass is 631 g/mol. The van der Waals surface area contributed by atoms with Crippen molar-refractivity contribution in [3.63, 3.8) is 0 Å². The van der Waals surface area contributed by atoms with Gasteiger partial charge in [-0.05, 0) is 80.6 Å². The van der Waals surface area contributed by atoms with Crippen molar-refractivity contribution < 1.29 is 18.0 Å². The molecule has 0 spiro atoms. The number of nitrogens with zero attached hydrogens (tertiary/aromatic N) is 2. The quantitative estimate of drug-likeness (QED) is 0.262. The van der Waals surface area contributed by atoms with Gasteiger partial charge < -0.3 is 10.2 Å². The lowest BCUT2D eigenvalue weighted by atomic mass is 10.1. The Labute approximate surface area is 244 Å². The summed E-state index contributed by atoms with van der Waals surface area (Å²) in [5.41, 5.74) is 2.15. The van der Waals surface area contributed by atoms with Gasteiger partial charge in [-0.15, -0.1) is 11.8 Å². The van der Waals surface area contributed by atoms with Gasteiger partial charge in [0.25, 0.3) is 10.0 Å². The van der Waals surface area contributed by atoms with Crippen LogP contribution >= 0.6 is 27.7 Å².